The summed E-state index contributed by atoms with van der Waals surface area (Å²) in [6.07, 6.45) is 0. The third-order valence-electron chi connectivity index (χ3n) is 3.07. The van der Waals surface area contributed by atoms with Crippen LogP contribution < -0.4 is 5.32 Å². The predicted octanol–water partition coefficient (Wildman–Crippen LogP) is 4.46. The lowest BCUT2D eigenvalue weighted by Gasteiger charge is -2.06. The number of halogens is 1. The van der Waals surface area contributed by atoms with Crippen molar-refractivity contribution in [2.45, 2.75) is 0 Å². The monoisotopic (exact) mass is 389 g/mol. The molecular weight excluding hydrogens is 378 g/mol. The van der Waals surface area contributed by atoms with E-state index in [4.69, 9.17) is 4.74 Å². The molecule has 0 saturated carbocycles. The first kappa shape index (κ1) is 15.7. The smallest absolute Gasteiger partial charge is 0.348 e. The summed E-state index contributed by atoms with van der Waals surface area (Å²) in [6.45, 7) is -0.320. The van der Waals surface area contributed by atoms with Crippen molar-refractivity contribution in [1.29, 1.82) is 0 Å². The fraction of sp³-hybridized carbons (Fsp3) is 0.0588. The van der Waals surface area contributed by atoms with Crippen LogP contribution in [-0.4, -0.2) is 18.5 Å². The van der Waals surface area contributed by atoms with E-state index in [2.05, 4.69) is 21.2 Å². The Morgan fingerprint density at radius 2 is 1.91 bits per heavy atom. The first-order valence-electron chi connectivity index (χ1n) is 6.83. The van der Waals surface area contributed by atoms with Crippen LogP contribution >= 0.6 is 27.3 Å². The van der Waals surface area contributed by atoms with Crippen molar-refractivity contribution in [1.82, 2.24) is 0 Å². The van der Waals surface area contributed by atoms with Crippen LogP contribution in [0, 0.1) is 0 Å². The number of hydrogen-bond donors (Lipinski definition) is 1. The van der Waals surface area contributed by atoms with Crippen molar-refractivity contribution in [2.75, 3.05) is 11.9 Å². The van der Waals surface area contributed by atoms with Gasteiger partial charge in [0.1, 0.15) is 4.88 Å². The van der Waals surface area contributed by atoms with Crippen LogP contribution in [0.15, 0.2) is 59.1 Å². The second-order valence-electron chi connectivity index (χ2n) is 4.78. The maximum atomic E-state index is 12.0. The fourth-order valence-electron chi connectivity index (χ4n) is 2.05. The Morgan fingerprint density at radius 3 is 2.70 bits per heavy atom. The molecule has 6 heteroatoms. The van der Waals surface area contributed by atoms with Crippen LogP contribution in [0.2, 0.25) is 0 Å². The number of ether oxygens (including phenoxy) is 1. The average Bonchev–Trinajstić information content (AvgIpc) is 2.97. The Labute approximate surface area is 145 Å². The van der Waals surface area contributed by atoms with Crippen molar-refractivity contribution in [3.63, 3.8) is 0 Å². The maximum Gasteiger partial charge on any atom is 0.348 e. The van der Waals surface area contributed by atoms with Crippen molar-refractivity contribution >= 4 is 54.9 Å². The number of amides is 1. The van der Waals surface area contributed by atoms with E-state index in [-0.39, 0.29) is 12.5 Å². The van der Waals surface area contributed by atoms with E-state index in [0.29, 0.717) is 10.6 Å². The summed E-state index contributed by atoms with van der Waals surface area (Å²) in [5.74, 6) is -0.867. The molecule has 1 amide bonds. The molecule has 1 aromatic heterocycles. The molecule has 0 atom stereocenters. The zero-order chi connectivity index (χ0) is 16.2. The molecule has 1 heterocycles. The summed E-state index contributed by atoms with van der Waals surface area (Å²) in [6, 6.07) is 16.7. The summed E-state index contributed by atoms with van der Waals surface area (Å²) in [4.78, 5) is 24.3. The Bertz CT molecular complexity index is 842. The first-order chi connectivity index (χ1) is 11.1. The van der Waals surface area contributed by atoms with E-state index in [1.807, 2.05) is 36.4 Å². The van der Waals surface area contributed by atoms with Crippen molar-refractivity contribution in [2.24, 2.45) is 0 Å². The minimum Gasteiger partial charge on any atom is -0.451 e. The van der Waals surface area contributed by atoms with E-state index < -0.39 is 5.97 Å². The van der Waals surface area contributed by atoms with Gasteiger partial charge in [0.25, 0.3) is 5.91 Å². The number of anilines is 1. The number of fused-ring (bicyclic) bond motifs is 1. The molecule has 0 unspecified atom stereocenters. The fourth-order valence-corrected chi connectivity index (χ4v) is 3.40. The number of rotatable bonds is 4. The highest BCUT2D eigenvalue weighted by atomic mass is 79.9. The van der Waals surface area contributed by atoms with Gasteiger partial charge in [0.15, 0.2) is 6.61 Å². The number of nitrogens with one attached hydrogen (secondary N) is 1. The highest BCUT2D eigenvalue weighted by Crippen LogP contribution is 2.25. The van der Waals surface area contributed by atoms with Gasteiger partial charge in [0.05, 0.1) is 0 Å². The molecular formula is C17H12BrNO3S. The highest BCUT2D eigenvalue weighted by Gasteiger charge is 2.13. The highest BCUT2D eigenvalue weighted by molar-refractivity contribution is 9.10. The second-order valence-corrected chi connectivity index (χ2v) is 6.78. The zero-order valence-corrected chi connectivity index (χ0v) is 14.3. The molecule has 0 spiro atoms. The number of hydrogen-bond acceptors (Lipinski definition) is 4. The van der Waals surface area contributed by atoms with Crippen molar-refractivity contribution in [3.8, 4) is 0 Å². The first-order valence-corrected chi connectivity index (χ1v) is 8.44. The lowest BCUT2D eigenvalue weighted by atomic mass is 10.2. The second kappa shape index (κ2) is 6.93. The van der Waals surface area contributed by atoms with Crippen LogP contribution in [0.5, 0.6) is 0 Å². The average molecular weight is 390 g/mol. The number of carbonyl (C=O) groups excluding carboxylic acids is 2. The van der Waals surface area contributed by atoms with Crippen molar-refractivity contribution in [3.05, 3.63) is 63.9 Å². The molecule has 3 aromatic rings. The lowest BCUT2D eigenvalue weighted by molar-refractivity contribution is -0.119. The van der Waals surface area contributed by atoms with Crippen LogP contribution in [0.1, 0.15) is 9.67 Å². The number of esters is 1. The maximum absolute atomic E-state index is 12.0. The molecule has 23 heavy (non-hydrogen) atoms. The topological polar surface area (TPSA) is 55.4 Å². The third-order valence-corrected chi connectivity index (χ3v) is 4.66. The SMILES string of the molecule is O=C(COC(=O)c1cc2ccccc2s1)Nc1cccc(Br)c1. The van der Waals surface area contributed by atoms with Gasteiger partial charge in [-0.1, -0.05) is 40.2 Å². The Morgan fingerprint density at radius 1 is 1.09 bits per heavy atom. The number of thiophene rings is 1. The van der Waals surface area contributed by atoms with Gasteiger partial charge >= 0.3 is 5.97 Å². The van der Waals surface area contributed by atoms with Gasteiger partial charge in [-0.05, 0) is 35.7 Å². The van der Waals surface area contributed by atoms with Gasteiger partial charge in [-0.15, -0.1) is 11.3 Å². The number of benzene rings is 2. The van der Waals surface area contributed by atoms with E-state index in [0.717, 1.165) is 14.6 Å². The van der Waals surface area contributed by atoms with Gasteiger partial charge in [-0.25, -0.2) is 4.79 Å². The minimum atomic E-state index is -0.490. The van der Waals surface area contributed by atoms with Crippen LogP contribution in [0.25, 0.3) is 10.1 Å². The number of carbonyl (C=O) groups is 2. The van der Waals surface area contributed by atoms with E-state index in [9.17, 15) is 9.59 Å². The van der Waals surface area contributed by atoms with Gasteiger partial charge in [-0.3, -0.25) is 4.79 Å². The van der Waals surface area contributed by atoms with E-state index >= 15 is 0 Å². The summed E-state index contributed by atoms with van der Waals surface area (Å²) in [7, 11) is 0. The molecule has 0 bridgehead atoms. The summed E-state index contributed by atoms with van der Waals surface area (Å²) >= 11 is 4.68. The van der Waals surface area contributed by atoms with Crippen molar-refractivity contribution < 1.29 is 14.3 Å². The quantitative estimate of drug-likeness (QED) is 0.670. The van der Waals surface area contributed by atoms with Crippen LogP contribution in [0.4, 0.5) is 5.69 Å². The third kappa shape index (κ3) is 3.97. The molecule has 0 aliphatic carbocycles. The Balaban J connectivity index is 1.59. The molecule has 0 aliphatic rings. The van der Waals surface area contributed by atoms with E-state index in [1.165, 1.54) is 11.3 Å². The summed E-state index contributed by atoms with van der Waals surface area (Å²) in [5.41, 5.74) is 0.641. The van der Waals surface area contributed by atoms with Crippen LogP contribution in [0.3, 0.4) is 0 Å². The normalized spacial score (nSPS) is 10.5. The lowest BCUT2D eigenvalue weighted by Crippen LogP contribution is -2.20. The summed E-state index contributed by atoms with van der Waals surface area (Å²) < 4.78 is 6.94. The molecule has 1 N–H and O–H groups in total. The zero-order valence-electron chi connectivity index (χ0n) is 11.9. The van der Waals surface area contributed by atoms with Gasteiger partial charge in [0.2, 0.25) is 0 Å². The predicted molar refractivity (Wildman–Crippen MR) is 94.9 cm³/mol. The van der Waals surface area contributed by atoms with Gasteiger partial charge in [-0.2, -0.15) is 0 Å². The Hall–Kier alpha value is -2.18. The molecule has 2 aromatic carbocycles. The molecule has 3 rings (SSSR count). The largest absolute Gasteiger partial charge is 0.451 e. The molecule has 0 aliphatic heterocycles. The van der Waals surface area contributed by atoms with Gasteiger partial charge in [0, 0.05) is 14.9 Å². The molecule has 0 fully saturated rings. The molecule has 116 valence electrons. The minimum absolute atomic E-state index is 0.320. The van der Waals surface area contributed by atoms with Crippen LogP contribution in [-0.2, 0) is 9.53 Å². The summed E-state index contributed by atoms with van der Waals surface area (Å²) in [5, 5.41) is 3.66. The molecule has 0 radical (unpaired) electrons. The Kier molecular flexibility index (Phi) is 4.73. The molecule has 4 nitrogen and oxygen atoms in total. The van der Waals surface area contributed by atoms with Gasteiger partial charge < -0.3 is 10.1 Å². The molecule has 0 saturated heterocycles. The standard InChI is InChI=1S/C17H12BrNO3S/c18-12-5-3-6-13(9-12)19-16(20)10-22-17(21)15-8-11-4-1-2-7-14(11)23-15/h1-9H,10H2,(H,19,20). The van der Waals surface area contributed by atoms with E-state index in [1.54, 1.807) is 18.2 Å².